The molecule has 4 heteroatoms. The van der Waals surface area contributed by atoms with Gasteiger partial charge in [-0.2, -0.15) is 0 Å². The second kappa shape index (κ2) is 7.11. The zero-order chi connectivity index (χ0) is 13.4. The van der Waals surface area contributed by atoms with Gasteiger partial charge in [0, 0.05) is 18.9 Å². The number of carbonyl (C=O) groups is 1. The van der Waals surface area contributed by atoms with Gasteiger partial charge in [-0.15, -0.1) is 0 Å². The fourth-order valence-corrected chi connectivity index (χ4v) is 1.49. The largest absolute Gasteiger partial charge is 0.460 e. The Bertz CT molecular complexity index is 358. The van der Waals surface area contributed by atoms with Crippen LogP contribution in [0.25, 0.3) is 0 Å². The van der Waals surface area contributed by atoms with E-state index < -0.39 is 5.60 Å². The average molecular weight is 250 g/mol. The van der Waals surface area contributed by atoms with Crippen molar-refractivity contribution in [2.24, 2.45) is 0 Å². The molecule has 18 heavy (non-hydrogen) atoms. The minimum Gasteiger partial charge on any atom is -0.460 e. The molecule has 0 spiro atoms. The Morgan fingerprint density at radius 1 is 1.39 bits per heavy atom. The Balaban J connectivity index is 2.07. The molecule has 0 aliphatic rings. The van der Waals surface area contributed by atoms with E-state index in [0.29, 0.717) is 13.0 Å². The van der Waals surface area contributed by atoms with Crippen molar-refractivity contribution in [2.75, 3.05) is 13.1 Å². The topological polar surface area (TPSA) is 51.2 Å². The summed E-state index contributed by atoms with van der Waals surface area (Å²) in [5, 5.41) is 3.22. The Morgan fingerprint density at radius 2 is 2.17 bits per heavy atom. The number of aromatic nitrogens is 1. The van der Waals surface area contributed by atoms with Crippen molar-refractivity contribution in [3.05, 3.63) is 30.1 Å². The van der Waals surface area contributed by atoms with E-state index in [4.69, 9.17) is 4.74 Å². The summed E-state index contributed by atoms with van der Waals surface area (Å²) in [6.45, 7) is 7.12. The summed E-state index contributed by atoms with van der Waals surface area (Å²) >= 11 is 0. The van der Waals surface area contributed by atoms with Crippen LogP contribution in [0.4, 0.5) is 0 Å². The molecule has 1 aromatic heterocycles. The van der Waals surface area contributed by atoms with Crippen LogP contribution in [0.1, 0.15) is 32.8 Å². The molecule has 0 bridgehead atoms. The van der Waals surface area contributed by atoms with Crippen LogP contribution < -0.4 is 5.32 Å². The van der Waals surface area contributed by atoms with Gasteiger partial charge in [0.15, 0.2) is 0 Å². The van der Waals surface area contributed by atoms with Crippen molar-refractivity contribution in [2.45, 2.75) is 39.2 Å². The summed E-state index contributed by atoms with van der Waals surface area (Å²) < 4.78 is 5.21. The van der Waals surface area contributed by atoms with E-state index in [-0.39, 0.29) is 5.97 Å². The Labute approximate surface area is 109 Å². The van der Waals surface area contributed by atoms with E-state index in [2.05, 4.69) is 10.3 Å². The number of esters is 1. The quantitative estimate of drug-likeness (QED) is 0.619. The lowest BCUT2D eigenvalue weighted by Gasteiger charge is -2.19. The second-order valence-corrected chi connectivity index (χ2v) is 5.20. The van der Waals surface area contributed by atoms with Crippen molar-refractivity contribution in [3.63, 3.8) is 0 Å². The van der Waals surface area contributed by atoms with E-state index in [0.717, 1.165) is 13.0 Å². The van der Waals surface area contributed by atoms with Crippen molar-refractivity contribution in [3.8, 4) is 0 Å². The van der Waals surface area contributed by atoms with Crippen LogP contribution in [0.2, 0.25) is 0 Å². The zero-order valence-electron chi connectivity index (χ0n) is 11.4. The molecule has 1 rings (SSSR count). The predicted octanol–water partition coefficient (Wildman–Crippen LogP) is 1.95. The van der Waals surface area contributed by atoms with Gasteiger partial charge < -0.3 is 10.1 Å². The Hall–Kier alpha value is -1.42. The molecular formula is C14H22N2O2. The highest BCUT2D eigenvalue weighted by atomic mass is 16.6. The molecular weight excluding hydrogens is 228 g/mol. The number of nitrogens with zero attached hydrogens (tertiary/aromatic N) is 1. The van der Waals surface area contributed by atoms with Crippen LogP contribution in [-0.2, 0) is 16.0 Å². The first-order chi connectivity index (χ1) is 8.47. The third-order valence-corrected chi connectivity index (χ3v) is 2.24. The van der Waals surface area contributed by atoms with E-state index in [1.807, 2.05) is 39.1 Å². The van der Waals surface area contributed by atoms with Gasteiger partial charge in [0.2, 0.25) is 0 Å². The lowest BCUT2D eigenvalue weighted by atomic mass is 10.2. The van der Waals surface area contributed by atoms with Crippen LogP contribution >= 0.6 is 0 Å². The number of rotatable bonds is 6. The second-order valence-electron chi connectivity index (χ2n) is 5.20. The summed E-state index contributed by atoms with van der Waals surface area (Å²) in [6.07, 6.45) is 4.95. The molecule has 1 heterocycles. The molecule has 0 aliphatic heterocycles. The van der Waals surface area contributed by atoms with Crippen LogP contribution in [0.15, 0.2) is 24.5 Å². The van der Waals surface area contributed by atoms with E-state index >= 15 is 0 Å². The molecule has 0 fully saturated rings. The van der Waals surface area contributed by atoms with Gasteiger partial charge in [-0.25, -0.2) is 0 Å². The number of hydrogen-bond donors (Lipinski definition) is 1. The molecule has 0 amide bonds. The van der Waals surface area contributed by atoms with E-state index in [9.17, 15) is 4.79 Å². The van der Waals surface area contributed by atoms with Crippen molar-refractivity contribution >= 4 is 5.97 Å². The number of ether oxygens (including phenoxy) is 1. The Morgan fingerprint density at radius 3 is 2.78 bits per heavy atom. The lowest BCUT2D eigenvalue weighted by molar-refractivity contribution is -0.154. The number of nitrogens with one attached hydrogen (secondary N) is 1. The summed E-state index contributed by atoms with van der Waals surface area (Å²) in [5.41, 5.74) is 0.801. The van der Waals surface area contributed by atoms with Crippen LogP contribution in [-0.4, -0.2) is 29.6 Å². The molecule has 0 radical (unpaired) electrons. The van der Waals surface area contributed by atoms with E-state index in [1.54, 1.807) is 6.20 Å². The predicted molar refractivity (Wildman–Crippen MR) is 71.3 cm³/mol. The van der Waals surface area contributed by atoms with Gasteiger partial charge in [-0.3, -0.25) is 9.78 Å². The third kappa shape index (κ3) is 7.01. The molecule has 0 unspecified atom stereocenters. The van der Waals surface area contributed by atoms with Gasteiger partial charge >= 0.3 is 5.97 Å². The molecule has 100 valence electrons. The van der Waals surface area contributed by atoms with Gasteiger partial charge in [0.05, 0.1) is 6.42 Å². The molecule has 1 N–H and O–H groups in total. The summed E-state index contributed by atoms with van der Waals surface area (Å²) in [5.74, 6) is -0.156. The highest BCUT2D eigenvalue weighted by molar-refractivity contribution is 5.70. The van der Waals surface area contributed by atoms with Crippen LogP contribution in [0.3, 0.4) is 0 Å². The first-order valence-corrected chi connectivity index (χ1v) is 6.29. The van der Waals surface area contributed by atoms with Crippen LogP contribution in [0.5, 0.6) is 0 Å². The van der Waals surface area contributed by atoms with Gasteiger partial charge in [-0.05, 0) is 45.4 Å². The minimum atomic E-state index is -0.396. The summed E-state index contributed by atoms with van der Waals surface area (Å²) in [7, 11) is 0. The molecule has 0 aromatic carbocycles. The van der Waals surface area contributed by atoms with Gasteiger partial charge in [0.25, 0.3) is 0 Å². The first-order valence-electron chi connectivity index (χ1n) is 6.29. The highest BCUT2D eigenvalue weighted by Gasteiger charge is 2.15. The maximum absolute atomic E-state index is 11.4. The highest BCUT2D eigenvalue weighted by Crippen LogP contribution is 2.07. The SMILES string of the molecule is CC(C)(C)OC(=O)CCNCCc1cccnc1. The molecule has 4 nitrogen and oxygen atoms in total. The van der Waals surface area contributed by atoms with Crippen molar-refractivity contribution in [1.29, 1.82) is 0 Å². The molecule has 0 saturated heterocycles. The monoisotopic (exact) mass is 250 g/mol. The van der Waals surface area contributed by atoms with Gasteiger partial charge in [-0.1, -0.05) is 6.07 Å². The molecule has 0 saturated carbocycles. The van der Waals surface area contributed by atoms with Crippen molar-refractivity contribution < 1.29 is 9.53 Å². The zero-order valence-corrected chi connectivity index (χ0v) is 11.4. The summed E-state index contributed by atoms with van der Waals surface area (Å²) in [4.78, 5) is 15.5. The van der Waals surface area contributed by atoms with Crippen LogP contribution in [0, 0.1) is 0 Å². The smallest absolute Gasteiger partial charge is 0.307 e. The summed E-state index contributed by atoms with van der Waals surface area (Å²) in [6, 6.07) is 3.97. The third-order valence-electron chi connectivity index (χ3n) is 2.24. The van der Waals surface area contributed by atoms with Crippen molar-refractivity contribution in [1.82, 2.24) is 10.3 Å². The van der Waals surface area contributed by atoms with Gasteiger partial charge in [0.1, 0.15) is 5.60 Å². The minimum absolute atomic E-state index is 0.156. The lowest BCUT2D eigenvalue weighted by Crippen LogP contribution is -2.27. The first kappa shape index (κ1) is 14.6. The number of pyridine rings is 1. The van der Waals surface area contributed by atoms with E-state index in [1.165, 1.54) is 5.56 Å². The fraction of sp³-hybridized carbons (Fsp3) is 0.571. The Kier molecular flexibility index (Phi) is 5.78. The maximum Gasteiger partial charge on any atom is 0.307 e. The molecule has 0 atom stereocenters. The number of carbonyl (C=O) groups excluding carboxylic acids is 1. The molecule has 0 aliphatic carbocycles. The average Bonchev–Trinajstić information content (AvgIpc) is 2.27. The molecule has 1 aromatic rings. The fourth-order valence-electron chi connectivity index (χ4n) is 1.49. The number of hydrogen-bond acceptors (Lipinski definition) is 4. The standard InChI is InChI=1S/C14H22N2O2/c1-14(2,3)18-13(17)7-10-15-9-6-12-5-4-8-16-11-12/h4-5,8,11,15H,6-7,9-10H2,1-3H3. The normalized spacial score (nSPS) is 11.3. The maximum atomic E-state index is 11.4.